The molecule has 0 bridgehead atoms. The molecule has 2 rings (SSSR count). The van der Waals surface area contributed by atoms with Crippen LogP contribution < -0.4 is 10.6 Å². The van der Waals surface area contributed by atoms with Crippen LogP contribution >= 0.6 is 0 Å². The van der Waals surface area contributed by atoms with Crippen molar-refractivity contribution in [3.05, 3.63) is 18.3 Å². The van der Waals surface area contributed by atoms with E-state index in [1.54, 1.807) is 6.20 Å². The van der Waals surface area contributed by atoms with Crippen LogP contribution in [0, 0.1) is 0 Å². The lowest BCUT2D eigenvalue weighted by Crippen LogP contribution is -2.44. The fraction of sp³-hybridized carbons (Fsp3) is 0.500. The minimum atomic E-state index is -0.139. The molecular weight excluding hydrogens is 194 g/mol. The smallest absolute Gasteiger partial charge is 0.151 e. The minimum Gasteiger partial charge on any atom is -0.396 e. The van der Waals surface area contributed by atoms with Crippen LogP contribution in [0.2, 0.25) is 0 Å². The molecule has 1 fully saturated rings. The van der Waals surface area contributed by atoms with E-state index in [1.807, 2.05) is 17.0 Å². The second-order valence-electron chi connectivity index (χ2n) is 3.54. The highest BCUT2D eigenvalue weighted by molar-refractivity contribution is 5.62. The molecule has 15 heavy (non-hydrogen) atoms. The molecule has 1 unspecified atom stereocenters. The molecule has 0 aliphatic carbocycles. The number of aliphatic hydroxyl groups excluding tert-OH is 1. The first-order valence-electron chi connectivity index (χ1n) is 4.99. The molecule has 1 atom stereocenters. The maximum atomic E-state index is 9.02. The number of hydrogen-bond donors (Lipinski definition) is 2. The number of anilines is 2. The number of nitrogens with zero attached hydrogens (tertiary/aromatic N) is 2. The normalized spacial score (nSPS) is 21.7. The Labute approximate surface area is 88.5 Å². The molecule has 0 amide bonds. The van der Waals surface area contributed by atoms with Crippen LogP contribution in [0.1, 0.15) is 0 Å². The molecule has 1 aliphatic heterocycles. The summed E-state index contributed by atoms with van der Waals surface area (Å²) in [6.45, 7) is 2.03. The summed E-state index contributed by atoms with van der Waals surface area (Å²) in [5, 5.41) is 9.02. The Morgan fingerprint density at radius 2 is 2.53 bits per heavy atom. The standard InChI is InChI=1S/C10H15N3O2/c11-9-2-1-3-12-10(9)13-4-5-15-8(6-13)7-14/h1-3,8,14H,4-7,11H2. The summed E-state index contributed by atoms with van der Waals surface area (Å²) < 4.78 is 5.36. The summed E-state index contributed by atoms with van der Waals surface area (Å²) in [6, 6.07) is 3.63. The molecule has 1 aromatic rings. The highest BCUT2D eigenvalue weighted by Crippen LogP contribution is 2.21. The van der Waals surface area contributed by atoms with E-state index in [2.05, 4.69) is 4.98 Å². The van der Waals surface area contributed by atoms with Crippen LogP contribution in [0.15, 0.2) is 18.3 Å². The monoisotopic (exact) mass is 209 g/mol. The van der Waals surface area contributed by atoms with Gasteiger partial charge >= 0.3 is 0 Å². The molecule has 1 aromatic heterocycles. The summed E-state index contributed by atoms with van der Waals surface area (Å²) in [5.74, 6) is 0.777. The summed E-state index contributed by atoms with van der Waals surface area (Å²) in [7, 11) is 0. The van der Waals surface area contributed by atoms with Gasteiger partial charge in [-0.05, 0) is 12.1 Å². The molecule has 2 heterocycles. The van der Waals surface area contributed by atoms with Crippen LogP contribution in [0.4, 0.5) is 11.5 Å². The van der Waals surface area contributed by atoms with E-state index >= 15 is 0 Å². The molecule has 82 valence electrons. The minimum absolute atomic E-state index is 0.0310. The number of ether oxygens (including phenoxy) is 1. The maximum absolute atomic E-state index is 9.02. The van der Waals surface area contributed by atoms with Crippen molar-refractivity contribution in [2.45, 2.75) is 6.10 Å². The summed E-state index contributed by atoms with van der Waals surface area (Å²) in [5.41, 5.74) is 6.49. The highest BCUT2D eigenvalue weighted by Gasteiger charge is 2.21. The Balaban J connectivity index is 2.13. The lowest BCUT2D eigenvalue weighted by molar-refractivity contribution is 0.00340. The van der Waals surface area contributed by atoms with Gasteiger partial charge < -0.3 is 20.5 Å². The molecular formula is C10H15N3O2. The number of pyridine rings is 1. The molecule has 0 radical (unpaired) electrons. The van der Waals surface area contributed by atoms with Gasteiger partial charge in [0.25, 0.3) is 0 Å². The third-order valence-electron chi connectivity index (χ3n) is 2.46. The maximum Gasteiger partial charge on any atom is 0.151 e. The van der Waals surface area contributed by atoms with Gasteiger partial charge in [-0.3, -0.25) is 0 Å². The van der Waals surface area contributed by atoms with E-state index in [1.165, 1.54) is 0 Å². The van der Waals surface area contributed by atoms with Gasteiger partial charge in [0.05, 0.1) is 25.0 Å². The highest BCUT2D eigenvalue weighted by atomic mass is 16.5. The van der Waals surface area contributed by atoms with Crippen molar-refractivity contribution < 1.29 is 9.84 Å². The van der Waals surface area contributed by atoms with E-state index in [0.717, 1.165) is 12.4 Å². The largest absolute Gasteiger partial charge is 0.396 e. The Hall–Kier alpha value is -1.33. The first-order valence-corrected chi connectivity index (χ1v) is 4.99. The van der Waals surface area contributed by atoms with Crippen molar-refractivity contribution in [1.29, 1.82) is 0 Å². The van der Waals surface area contributed by atoms with E-state index in [4.69, 9.17) is 15.6 Å². The van der Waals surface area contributed by atoms with Gasteiger partial charge in [0.1, 0.15) is 0 Å². The molecule has 5 nitrogen and oxygen atoms in total. The van der Waals surface area contributed by atoms with Gasteiger partial charge in [0, 0.05) is 19.3 Å². The number of aliphatic hydroxyl groups is 1. The predicted octanol–water partition coefficient (Wildman–Crippen LogP) is -0.139. The van der Waals surface area contributed by atoms with E-state index < -0.39 is 0 Å². The average molecular weight is 209 g/mol. The zero-order valence-electron chi connectivity index (χ0n) is 8.47. The second-order valence-corrected chi connectivity index (χ2v) is 3.54. The number of morpholine rings is 1. The second kappa shape index (κ2) is 4.46. The molecule has 1 saturated heterocycles. The predicted molar refractivity (Wildman–Crippen MR) is 57.7 cm³/mol. The van der Waals surface area contributed by atoms with Crippen molar-refractivity contribution in [2.75, 3.05) is 36.9 Å². The van der Waals surface area contributed by atoms with Gasteiger partial charge in [0.2, 0.25) is 0 Å². The van der Waals surface area contributed by atoms with E-state index in [-0.39, 0.29) is 12.7 Å². The number of rotatable bonds is 2. The Morgan fingerprint density at radius 1 is 1.67 bits per heavy atom. The van der Waals surface area contributed by atoms with Crippen LogP contribution in [-0.4, -0.2) is 42.5 Å². The topological polar surface area (TPSA) is 71.6 Å². The summed E-state index contributed by atoms with van der Waals surface area (Å²) in [6.07, 6.45) is 1.58. The zero-order chi connectivity index (χ0) is 10.7. The van der Waals surface area contributed by atoms with Crippen LogP contribution in [-0.2, 0) is 4.74 Å². The fourth-order valence-electron chi connectivity index (χ4n) is 1.70. The first kappa shape index (κ1) is 10.2. The molecule has 3 N–H and O–H groups in total. The van der Waals surface area contributed by atoms with Crippen LogP contribution in [0.25, 0.3) is 0 Å². The fourth-order valence-corrected chi connectivity index (χ4v) is 1.70. The Morgan fingerprint density at radius 3 is 3.27 bits per heavy atom. The molecule has 1 aliphatic rings. The molecule has 0 spiro atoms. The van der Waals surface area contributed by atoms with Crippen molar-refractivity contribution in [3.63, 3.8) is 0 Å². The quantitative estimate of drug-likeness (QED) is 0.709. The molecule has 0 saturated carbocycles. The third-order valence-corrected chi connectivity index (χ3v) is 2.46. The molecule has 0 aromatic carbocycles. The summed E-state index contributed by atoms with van der Waals surface area (Å²) in [4.78, 5) is 6.28. The number of hydrogen-bond acceptors (Lipinski definition) is 5. The lowest BCUT2D eigenvalue weighted by Gasteiger charge is -2.33. The zero-order valence-corrected chi connectivity index (χ0v) is 8.47. The van der Waals surface area contributed by atoms with Crippen LogP contribution in [0.5, 0.6) is 0 Å². The van der Waals surface area contributed by atoms with Crippen LogP contribution in [0.3, 0.4) is 0 Å². The SMILES string of the molecule is Nc1cccnc1N1CCOC(CO)C1. The number of aromatic nitrogens is 1. The van der Waals surface area contributed by atoms with E-state index in [9.17, 15) is 0 Å². The Bertz CT molecular complexity index is 332. The van der Waals surface area contributed by atoms with Gasteiger partial charge in [-0.2, -0.15) is 0 Å². The first-order chi connectivity index (χ1) is 7.31. The van der Waals surface area contributed by atoms with Crippen molar-refractivity contribution >= 4 is 11.5 Å². The summed E-state index contributed by atoms with van der Waals surface area (Å²) >= 11 is 0. The van der Waals surface area contributed by atoms with Crippen molar-refractivity contribution in [1.82, 2.24) is 4.98 Å². The molecule has 5 heteroatoms. The average Bonchev–Trinajstić information content (AvgIpc) is 2.30. The van der Waals surface area contributed by atoms with Gasteiger partial charge in [0.15, 0.2) is 5.82 Å². The number of nitrogen functional groups attached to an aromatic ring is 1. The van der Waals surface area contributed by atoms with Crippen molar-refractivity contribution in [2.24, 2.45) is 0 Å². The third kappa shape index (κ3) is 2.19. The van der Waals surface area contributed by atoms with Crippen molar-refractivity contribution in [3.8, 4) is 0 Å². The van der Waals surface area contributed by atoms with Gasteiger partial charge in [-0.1, -0.05) is 0 Å². The Kier molecular flexibility index (Phi) is 3.03. The van der Waals surface area contributed by atoms with Gasteiger partial charge in [-0.15, -0.1) is 0 Å². The van der Waals surface area contributed by atoms with E-state index in [0.29, 0.717) is 18.8 Å². The lowest BCUT2D eigenvalue weighted by atomic mass is 10.2. The number of nitrogens with two attached hydrogens (primary N) is 1. The van der Waals surface area contributed by atoms with Gasteiger partial charge in [-0.25, -0.2) is 4.98 Å².